The first-order valence-electron chi connectivity index (χ1n) is 38.5. The predicted octanol–water partition coefficient (Wildman–Crippen LogP) is 21.6. The summed E-state index contributed by atoms with van der Waals surface area (Å²) in [6, 6.07) is 0. The van der Waals surface area contributed by atoms with Crippen LogP contribution in [0.15, 0.2) is 0 Å². The van der Waals surface area contributed by atoms with Gasteiger partial charge >= 0.3 is 39.5 Å². The standard InChI is InChI=1S/C74H144O17P2/c1-7-9-11-13-15-17-19-21-22-23-24-25-27-33-40-46-52-58-73(78)90-69(63-85-72(77)57-51-45-39-34-28-30-36-42-48-54-66(3)4)64-88-92(80,81)86-60-68(75)61-87-93(82,83)89-65-70(91-74(79)59-53-47-41-35-29-31-37-43-49-55-67(5)6)62-84-71(76)56-50-44-38-32-26-20-18-16-14-12-10-8-2/h66-70,75H,7-65H2,1-6H3,(H,80,81)(H,82,83)/t68-,69-,70-/m1/s1. The largest absolute Gasteiger partial charge is 0.472 e. The summed E-state index contributed by atoms with van der Waals surface area (Å²) in [5.74, 6) is -0.637. The molecule has 0 spiro atoms. The van der Waals surface area contributed by atoms with Gasteiger partial charge in [0.05, 0.1) is 26.4 Å². The molecular formula is C74H144O17P2. The lowest BCUT2D eigenvalue weighted by molar-refractivity contribution is -0.161. The van der Waals surface area contributed by atoms with Crippen LogP contribution in [0, 0.1) is 11.8 Å². The summed E-state index contributed by atoms with van der Waals surface area (Å²) < 4.78 is 68.5. The van der Waals surface area contributed by atoms with Crippen LogP contribution < -0.4 is 0 Å². The first kappa shape index (κ1) is 91.1. The van der Waals surface area contributed by atoms with Gasteiger partial charge in [-0.15, -0.1) is 0 Å². The highest BCUT2D eigenvalue weighted by Crippen LogP contribution is 2.45. The Bertz CT molecular complexity index is 1800. The summed E-state index contributed by atoms with van der Waals surface area (Å²) in [5.41, 5.74) is 0. The number of ether oxygens (including phenoxy) is 4. The van der Waals surface area contributed by atoms with Gasteiger partial charge in [-0.1, -0.05) is 330 Å². The topological polar surface area (TPSA) is 237 Å². The summed E-state index contributed by atoms with van der Waals surface area (Å²) in [5, 5.41) is 10.6. The number of carbonyl (C=O) groups excluding carboxylic acids is 4. The summed E-state index contributed by atoms with van der Waals surface area (Å²) >= 11 is 0. The van der Waals surface area contributed by atoms with Crippen LogP contribution in [0.4, 0.5) is 0 Å². The lowest BCUT2D eigenvalue weighted by Gasteiger charge is -2.21. The molecule has 93 heavy (non-hydrogen) atoms. The summed E-state index contributed by atoms with van der Waals surface area (Å²) in [6.07, 6.45) is 52.7. The Morgan fingerprint density at radius 1 is 0.290 bits per heavy atom. The number of aliphatic hydroxyl groups excluding tert-OH is 1. The van der Waals surface area contributed by atoms with Gasteiger partial charge in [-0.25, -0.2) is 9.13 Å². The normalized spacial score (nSPS) is 14.1. The summed E-state index contributed by atoms with van der Waals surface area (Å²) in [4.78, 5) is 72.7. The van der Waals surface area contributed by atoms with E-state index in [2.05, 4.69) is 41.5 Å². The second-order valence-electron chi connectivity index (χ2n) is 27.6. The quantitative estimate of drug-likeness (QED) is 0.0222. The van der Waals surface area contributed by atoms with Crippen LogP contribution in [0.2, 0.25) is 0 Å². The van der Waals surface area contributed by atoms with E-state index in [4.69, 9.17) is 37.0 Å². The van der Waals surface area contributed by atoms with Crippen molar-refractivity contribution in [2.75, 3.05) is 39.6 Å². The number of unbranched alkanes of at least 4 members (excludes halogenated alkanes) is 43. The van der Waals surface area contributed by atoms with Crippen LogP contribution in [0.5, 0.6) is 0 Å². The fourth-order valence-corrected chi connectivity index (χ4v) is 12.9. The molecule has 17 nitrogen and oxygen atoms in total. The maximum Gasteiger partial charge on any atom is 0.472 e. The third-order valence-corrected chi connectivity index (χ3v) is 19.1. The second-order valence-corrected chi connectivity index (χ2v) is 30.5. The molecule has 0 saturated carbocycles. The van der Waals surface area contributed by atoms with Crippen LogP contribution in [-0.4, -0.2) is 96.7 Å². The van der Waals surface area contributed by atoms with Crippen LogP contribution in [0.25, 0.3) is 0 Å². The smallest absolute Gasteiger partial charge is 0.462 e. The van der Waals surface area contributed by atoms with Crippen molar-refractivity contribution in [1.29, 1.82) is 0 Å². The molecule has 0 fully saturated rings. The molecule has 0 aliphatic carbocycles. The Kier molecular flexibility index (Phi) is 64.6. The monoisotopic (exact) mass is 1370 g/mol. The molecule has 0 aliphatic heterocycles. The average Bonchev–Trinajstić information content (AvgIpc) is 3.56. The molecule has 0 aromatic heterocycles. The fourth-order valence-electron chi connectivity index (χ4n) is 11.3. The van der Waals surface area contributed by atoms with E-state index in [-0.39, 0.29) is 25.7 Å². The maximum absolute atomic E-state index is 13.1. The zero-order valence-corrected chi connectivity index (χ0v) is 62.3. The molecule has 0 bridgehead atoms. The lowest BCUT2D eigenvalue weighted by atomic mass is 10.0. The van der Waals surface area contributed by atoms with E-state index in [1.54, 1.807) is 0 Å². The summed E-state index contributed by atoms with van der Waals surface area (Å²) in [7, 11) is -9.91. The number of phosphoric acid groups is 2. The Morgan fingerprint density at radius 3 is 0.731 bits per heavy atom. The number of rotatable bonds is 73. The number of esters is 4. The molecule has 552 valence electrons. The molecule has 0 radical (unpaired) electrons. The predicted molar refractivity (Wildman–Crippen MR) is 377 cm³/mol. The van der Waals surface area contributed by atoms with Gasteiger partial charge in [0, 0.05) is 25.7 Å². The zero-order valence-electron chi connectivity index (χ0n) is 60.6. The van der Waals surface area contributed by atoms with E-state index >= 15 is 0 Å². The highest BCUT2D eigenvalue weighted by atomic mass is 31.2. The summed E-state index contributed by atoms with van der Waals surface area (Å²) in [6.45, 7) is 9.54. The van der Waals surface area contributed by atoms with Gasteiger partial charge < -0.3 is 33.8 Å². The van der Waals surface area contributed by atoms with Gasteiger partial charge in [-0.3, -0.25) is 37.3 Å². The Balaban J connectivity index is 5.25. The number of phosphoric ester groups is 2. The van der Waals surface area contributed by atoms with E-state index in [9.17, 15) is 43.2 Å². The molecule has 0 heterocycles. The molecule has 0 rings (SSSR count). The number of hydrogen-bond acceptors (Lipinski definition) is 15. The lowest BCUT2D eigenvalue weighted by Crippen LogP contribution is -2.30. The second kappa shape index (κ2) is 66.0. The van der Waals surface area contributed by atoms with Crippen molar-refractivity contribution in [3.8, 4) is 0 Å². The molecule has 3 N–H and O–H groups in total. The van der Waals surface area contributed by atoms with Crippen molar-refractivity contribution in [2.45, 2.75) is 400 Å². The molecule has 2 unspecified atom stereocenters. The minimum Gasteiger partial charge on any atom is -0.462 e. The highest BCUT2D eigenvalue weighted by Gasteiger charge is 2.30. The van der Waals surface area contributed by atoms with Crippen molar-refractivity contribution < 1.29 is 80.2 Å². The fraction of sp³-hybridized carbons (Fsp3) is 0.946. The van der Waals surface area contributed by atoms with Gasteiger partial charge in [-0.2, -0.15) is 0 Å². The SMILES string of the molecule is CCCCCCCCCCCCCCCCCCCC(=O)O[C@H](COC(=O)CCCCCCCCCCCC(C)C)COP(=O)(O)OC[C@@H](O)COP(=O)(O)OC[C@@H](COC(=O)CCCCCCCCCCCCCC)OC(=O)CCCCCCCCCCCC(C)C. The molecule has 0 saturated heterocycles. The molecule has 0 aromatic carbocycles. The van der Waals surface area contributed by atoms with Gasteiger partial charge in [0.25, 0.3) is 0 Å². The third-order valence-electron chi connectivity index (χ3n) is 17.2. The maximum atomic E-state index is 13.1. The number of aliphatic hydroxyl groups is 1. The molecule has 5 atom stereocenters. The van der Waals surface area contributed by atoms with Crippen molar-refractivity contribution in [3.05, 3.63) is 0 Å². The van der Waals surface area contributed by atoms with E-state index in [1.807, 2.05) is 0 Å². The van der Waals surface area contributed by atoms with Crippen molar-refractivity contribution in [2.24, 2.45) is 11.8 Å². The number of hydrogen-bond donors (Lipinski definition) is 3. The van der Waals surface area contributed by atoms with E-state index in [0.717, 1.165) is 102 Å². The molecule has 0 aliphatic rings. The third kappa shape index (κ3) is 68.4. The molecule has 19 heteroatoms. The van der Waals surface area contributed by atoms with E-state index in [1.165, 1.54) is 199 Å². The minimum atomic E-state index is -4.95. The van der Waals surface area contributed by atoms with Crippen LogP contribution >= 0.6 is 15.6 Å². The van der Waals surface area contributed by atoms with Crippen LogP contribution in [0.3, 0.4) is 0 Å². The Hall–Kier alpha value is -1.94. The molecule has 0 amide bonds. The molecular weight excluding hydrogens is 1220 g/mol. The van der Waals surface area contributed by atoms with E-state index in [0.29, 0.717) is 25.7 Å². The van der Waals surface area contributed by atoms with Crippen molar-refractivity contribution in [1.82, 2.24) is 0 Å². The van der Waals surface area contributed by atoms with Crippen molar-refractivity contribution >= 4 is 39.5 Å². The average molecular weight is 1370 g/mol. The zero-order chi connectivity index (χ0) is 68.6. The van der Waals surface area contributed by atoms with E-state index < -0.39 is 97.5 Å². The minimum absolute atomic E-state index is 0.106. The Morgan fingerprint density at radius 2 is 0.495 bits per heavy atom. The van der Waals surface area contributed by atoms with Crippen molar-refractivity contribution in [3.63, 3.8) is 0 Å². The van der Waals surface area contributed by atoms with Crippen LogP contribution in [0.1, 0.15) is 382 Å². The van der Waals surface area contributed by atoms with Gasteiger partial charge in [-0.05, 0) is 37.5 Å². The number of carbonyl (C=O) groups is 4. The first-order valence-corrected chi connectivity index (χ1v) is 41.5. The first-order chi connectivity index (χ1) is 44.9. The van der Waals surface area contributed by atoms with Crippen LogP contribution in [-0.2, 0) is 65.4 Å². The van der Waals surface area contributed by atoms with Gasteiger partial charge in [0.2, 0.25) is 0 Å². The van der Waals surface area contributed by atoms with Gasteiger partial charge in [0.15, 0.2) is 12.2 Å². The Labute approximate surface area is 568 Å². The van der Waals surface area contributed by atoms with Gasteiger partial charge in [0.1, 0.15) is 19.3 Å². The molecule has 0 aromatic rings. The highest BCUT2D eigenvalue weighted by molar-refractivity contribution is 7.47.